The molecule has 2 aromatic rings. The summed E-state index contributed by atoms with van der Waals surface area (Å²) < 4.78 is 22.6. The summed E-state index contributed by atoms with van der Waals surface area (Å²) in [5.74, 6) is -0.180. The summed E-state index contributed by atoms with van der Waals surface area (Å²) in [4.78, 5) is 31.7. The summed E-state index contributed by atoms with van der Waals surface area (Å²) in [5.41, 5.74) is 2.39. The standard InChI is InChI=1S/C20H25N3O4S/c1-15-4-3-5-16(14-15)18-7-6-17(19(24)21-18)20(25)23-10-8-22(9-11-23)12-13-28(2,26)27/h3-7,14H,8-13H2,1-2H3,(H,21,24). The van der Waals surface area contributed by atoms with Gasteiger partial charge in [-0.25, -0.2) is 8.42 Å². The van der Waals surface area contributed by atoms with E-state index in [0.717, 1.165) is 11.1 Å². The Balaban J connectivity index is 1.66. The van der Waals surface area contributed by atoms with Gasteiger partial charge in [0.25, 0.3) is 11.5 Å². The number of hydrogen-bond acceptors (Lipinski definition) is 5. The molecule has 0 unspecified atom stereocenters. The highest BCUT2D eigenvalue weighted by Crippen LogP contribution is 2.17. The van der Waals surface area contributed by atoms with E-state index in [1.807, 2.05) is 36.1 Å². The average Bonchev–Trinajstić information content (AvgIpc) is 2.65. The second-order valence-electron chi connectivity index (χ2n) is 7.25. The van der Waals surface area contributed by atoms with E-state index < -0.39 is 15.4 Å². The highest BCUT2D eigenvalue weighted by Gasteiger charge is 2.24. The fourth-order valence-corrected chi connectivity index (χ4v) is 3.85. The van der Waals surface area contributed by atoms with Gasteiger partial charge in [-0.05, 0) is 30.7 Å². The molecular weight excluding hydrogens is 378 g/mol. The summed E-state index contributed by atoms with van der Waals surface area (Å²) in [6, 6.07) is 11.1. The lowest BCUT2D eigenvalue weighted by Gasteiger charge is -2.34. The fraction of sp³-hybridized carbons (Fsp3) is 0.400. The van der Waals surface area contributed by atoms with Crippen molar-refractivity contribution in [2.45, 2.75) is 6.92 Å². The molecule has 28 heavy (non-hydrogen) atoms. The largest absolute Gasteiger partial charge is 0.336 e. The topological polar surface area (TPSA) is 90.6 Å². The molecular formula is C20H25N3O4S. The lowest BCUT2D eigenvalue weighted by molar-refractivity contribution is 0.0642. The maximum atomic E-state index is 12.7. The summed E-state index contributed by atoms with van der Waals surface area (Å²) in [7, 11) is -3.00. The zero-order chi connectivity index (χ0) is 20.3. The first kappa shape index (κ1) is 20.3. The molecule has 1 aromatic heterocycles. The van der Waals surface area contributed by atoms with Gasteiger partial charge < -0.3 is 9.88 Å². The van der Waals surface area contributed by atoms with Gasteiger partial charge in [0, 0.05) is 44.7 Å². The van der Waals surface area contributed by atoms with Crippen molar-refractivity contribution in [2.75, 3.05) is 44.7 Å². The second kappa shape index (κ2) is 8.28. The number of hydrogen-bond donors (Lipinski definition) is 1. The molecule has 0 bridgehead atoms. The first-order chi connectivity index (χ1) is 13.2. The van der Waals surface area contributed by atoms with Crippen molar-refractivity contribution in [3.63, 3.8) is 0 Å². The van der Waals surface area contributed by atoms with Gasteiger partial charge in [-0.1, -0.05) is 23.8 Å². The Hall–Kier alpha value is -2.45. The molecule has 3 rings (SSSR count). The van der Waals surface area contributed by atoms with Crippen molar-refractivity contribution < 1.29 is 13.2 Å². The molecule has 0 radical (unpaired) electrons. The van der Waals surface area contributed by atoms with Gasteiger partial charge in [0.1, 0.15) is 15.4 Å². The Kier molecular flexibility index (Phi) is 6.00. The predicted molar refractivity (Wildman–Crippen MR) is 109 cm³/mol. The number of carbonyl (C=O) groups excluding carboxylic acids is 1. The molecule has 150 valence electrons. The van der Waals surface area contributed by atoms with E-state index in [0.29, 0.717) is 38.4 Å². The molecule has 0 aliphatic carbocycles. The molecule has 1 fully saturated rings. The van der Waals surface area contributed by atoms with Crippen LogP contribution in [0.2, 0.25) is 0 Å². The van der Waals surface area contributed by atoms with E-state index >= 15 is 0 Å². The van der Waals surface area contributed by atoms with E-state index in [1.54, 1.807) is 17.0 Å². The van der Waals surface area contributed by atoms with Crippen LogP contribution < -0.4 is 5.56 Å². The minimum Gasteiger partial charge on any atom is -0.336 e. The number of sulfone groups is 1. The number of amides is 1. The Morgan fingerprint density at radius 3 is 2.43 bits per heavy atom. The molecule has 8 heteroatoms. The van der Waals surface area contributed by atoms with Crippen molar-refractivity contribution in [3.05, 3.63) is 57.9 Å². The Morgan fingerprint density at radius 1 is 1.11 bits per heavy atom. The zero-order valence-electron chi connectivity index (χ0n) is 16.1. The maximum Gasteiger partial charge on any atom is 0.261 e. The smallest absolute Gasteiger partial charge is 0.261 e. The lowest BCUT2D eigenvalue weighted by atomic mass is 10.1. The molecule has 1 N–H and O–H groups in total. The Morgan fingerprint density at radius 2 is 1.82 bits per heavy atom. The summed E-state index contributed by atoms with van der Waals surface area (Å²) in [6.45, 7) is 4.59. The second-order valence-corrected chi connectivity index (χ2v) is 9.51. The van der Waals surface area contributed by atoms with Crippen LogP contribution in [-0.2, 0) is 9.84 Å². The van der Waals surface area contributed by atoms with Crippen LogP contribution in [0.1, 0.15) is 15.9 Å². The van der Waals surface area contributed by atoms with E-state index in [1.165, 1.54) is 6.26 Å². The number of aromatic amines is 1. The summed E-state index contributed by atoms with van der Waals surface area (Å²) >= 11 is 0. The normalized spacial score (nSPS) is 15.6. The van der Waals surface area contributed by atoms with E-state index in [9.17, 15) is 18.0 Å². The molecule has 2 heterocycles. The average molecular weight is 404 g/mol. The molecule has 1 aliphatic heterocycles. The van der Waals surface area contributed by atoms with Gasteiger partial charge in [0.15, 0.2) is 0 Å². The van der Waals surface area contributed by atoms with Crippen LogP contribution in [0.3, 0.4) is 0 Å². The van der Waals surface area contributed by atoms with Crippen molar-refractivity contribution in [2.24, 2.45) is 0 Å². The van der Waals surface area contributed by atoms with Gasteiger partial charge >= 0.3 is 0 Å². The Bertz CT molecular complexity index is 1020. The minimum absolute atomic E-state index is 0.112. The van der Waals surface area contributed by atoms with Crippen LogP contribution in [-0.4, -0.2) is 73.8 Å². The van der Waals surface area contributed by atoms with Gasteiger partial charge in [-0.2, -0.15) is 0 Å². The highest BCUT2D eigenvalue weighted by molar-refractivity contribution is 7.90. The van der Waals surface area contributed by atoms with Crippen LogP contribution in [0.5, 0.6) is 0 Å². The van der Waals surface area contributed by atoms with E-state index in [-0.39, 0.29) is 17.2 Å². The first-order valence-corrected chi connectivity index (χ1v) is 11.3. The molecule has 0 spiro atoms. The quantitative estimate of drug-likeness (QED) is 0.809. The maximum absolute atomic E-state index is 12.7. The summed E-state index contributed by atoms with van der Waals surface area (Å²) in [6.07, 6.45) is 1.22. The first-order valence-electron chi connectivity index (χ1n) is 9.23. The van der Waals surface area contributed by atoms with Crippen LogP contribution >= 0.6 is 0 Å². The molecule has 0 atom stereocenters. The third-order valence-electron chi connectivity index (χ3n) is 4.91. The minimum atomic E-state index is -3.00. The molecule has 7 nitrogen and oxygen atoms in total. The number of pyridine rings is 1. The molecule has 1 aromatic carbocycles. The number of aromatic nitrogens is 1. The SMILES string of the molecule is Cc1cccc(-c2ccc(C(=O)N3CCN(CCS(C)(=O)=O)CC3)c(=O)[nH]2)c1. The van der Waals surface area contributed by atoms with Crippen LogP contribution in [0.4, 0.5) is 0 Å². The van der Waals surface area contributed by atoms with Crippen LogP contribution in [0.25, 0.3) is 11.3 Å². The predicted octanol–water partition coefficient (Wildman–Crippen LogP) is 1.15. The molecule has 1 aliphatic rings. The molecule has 1 saturated heterocycles. The van der Waals surface area contributed by atoms with Crippen molar-refractivity contribution in [1.29, 1.82) is 0 Å². The number of benzene rings is 1. The number of nitrogens with zero attached hydrogens (tertiary/aromatic N) is 2. The van der Waals surface area contributed by atoms with Crippen LogP contribution in [0, 0.1) is 6.92 Å². The number of H-pyrrole nitrogens is 1. The van der Waals surface area contributed by atoms with E-state index in [2.05, 4.69) is 4.98 Å². The third-order valence-corrected chi connectivity index (χ3v) is 5.83. The molecule has 1 amide bonds. The summed E-state index contributed by atoms with van der Waals surface area (Å²) in [5, 5.41) is 0. The Labute approximate surface area is 164 Å². The van der Waals surface area contributed by atoms with Crippen molar-refractivity contribution >= 4 is 15.7 Å². The fourth-order valence-electron chi connectivity index (χ4n) is 3.26. The van der Waals surface area contributed by atoms with E-state index in [4.69, 9.17) is 0 Å². The van der Waals surface area contributed by atoms with Crippen molar-refractivity contribution in [3.8, 4) is 11.3 Å². The van der Waals surface area contributed by atoms with Crippen molar-refractivity contribution in [1.82, 2.24) is 14.8 Å². The van der Waals surface area contributed by atoms with Gasteiger partial charge in [0.05, 0.1) is 5.75 Å². The lowest BCUT2D eigenvalue weighted by Crippen LogP contribution is -2.50. The highest BCUT2D eigenvalue weighted by atomic mass is 32.2. The zero-order valence-corrected chi connectivity index (χ0v) is 17.0. The van der Waals surface area contributed by atoms with Gasteiger partial charge in [-0.15, -0.1) is 0 Å². The number of rotatable bonds is 5. The number of nitrogens with one attached hydrogen (secondary N) is 1. The monoisotopic (exact) mass is 403 g/mol. The van der Waals surface area contributed by atoms with Gasteiger partial charge in [-0.3, -0.25) is 14.5 Å². The number of piperazine rings is 1. The number of aryl methyl sites for hydroxylation is 1. The number of carbonyl (C=O) groups is 1. The van der Waals surface area contributed by atoms with Gasteiger partial charge in [0.2, 0.25) is 0 Å². The molecule has 0 saturated carbocycles. The third kappa shape index (κ3) is 5.08. The van der Waals surface area contributed by atoms with Crippen LogP contribution in [0.15, 0.2) is 41.2 Å².